The van der Waals surface area contributed by atoms with E-state index in [4.69, 9.17) is 4.42 Å². The molecule has 4 aromatic rings. The Kier molecular flexibility index (Phi) is 3.97. The second-order valence-corrected chi connectivity index (χ2v) is 6.02. The minimum Gasteiger partial charge on any atom is -0.441 e. The minimum absolute atomic E-state index is 0.254. The van der Waals surface area contributed by atoms with Crippen molar-refractivity contribution < 1.29 is 9.21 Å². The molecule has 5 nitrogen and oxygen atoms in total. The van der Waals surface area contributed by atoms with Crippen LogP contribution >= 0.6 is 0 Å². The number of oxazole rings is 1. The van der Waals surface area contributed by atoms with E-state index in [-0.39, 0.29) is 5.91 Å². The Labute approximate surface area is 150 Å². The van der Waals surface area contributed by atoms with Gasteiger partial charge in [0.1, 0.15) is 11.6 Å². The Morgan fingerprint density at radius 1 is 0.923 bits per heavy atom. The quantitative estimate of drug-likeness (QED) is 0.550. The molecule has 0 fully saturated rings. The summed E-state index contributed by atoms with van der Waals surface area (Å²) in [5.41, 5.74) is 1.97. The van der Waals surface area contributed by atoms with Gasteiger partial charge >= 0.3 is 0 Å². The molecular weight excluding hydrogens is 326 g/mol. The fraction of sp³-hybridized carbons (Fsp3) is 0.0952. The van der Waals surface area contributed by atoms with Crippen molar-refractivity contribution in [3.8, 4) is 11.5 Å². The van der Waals surface area contributed by atoms with Gasteiger partial charge in [0.15, 0.2) is 5.69 Å². The number of hydrogen-bond acceptors (Lipinski definition) is 4. The third kappa shape index (κ3) is 2.84. The summed E-state index contributed by atoms with van der Waals surface area (Å²) >= 11 is 0. The molecule has 128 valence electrons. The second kappa shape index (κ2) is 6.44. The second-order valence-electron chi connectivity index (χ2n) is 6.02. The molecule has 2 aromatic carbocycles. The number of rotatable bonds is 3. The number of para-hydroxylation sites is 1. The molecule has 0 aliphatic heterocycles. The molecule has 0 N–H and O–H groups in total. The highest BCUT2D eigenvalue weighted by atomic mass is 16.4. The van der Waals surface area contributed by atoms with Gasteiger partial charge in [-0.25, -0.2) is 9.97 Å². The zero-order chi connectivity index (χ0) is 18.1. The largest absolute Gasteiger partial charge is 0.441 e. The zero-order valence-electron chi connectivity index (χ0n) is 14.5. The van der Waals surface area contributed by atoms with E-state index in [1.807, 2.05) is 66.7 Å². The molecule has 0 saturated carbocycles. The van der Waals surface area contributed by atoms with Gasteiger partial charge in [-0.05, 0) is 37.3 Å². The highest BCUT2D eigenvalue weighted by Gasteiger charge is 2.23. The lowest BCUT2D eigenvalue weighted by atomic mass is 10.2. The Morgan fingerprint density at radius 3 is 2.46 bits per heavy atom. The highest BCUT2D eigenvalue weighted by Crippen LogP contribution is 2.24. The number of aryl methyl sites for hydroxylation is 1. The molecular formula is C21H17N3O2. The number of carbonyl (C=O) groups excluding carboxylic acids is 1. The number of hydrogen-bond donors (Lipinski definition) is 0. The van der Waals surface area contributed by atoms with Crippen LogP contribution in [0.4, 0.5) is 5.82 Å². The van der Waals surface area contributed by atoms with Crippen LogP contribution in [0.2, 0.25) is 0 Å². The van der Waals surface area contributed by atoms with Gasteiger partial charge in [-0.3, -0.25) is 9.69 Å². The molecule has 0 aliphatic carbocycles. The smallest absolute Gasteiger partial charge is 0.281 e. The first kappa shape index (κ1) is 16.0. The minimum atomic E-state index is -0.254. The maximum absolute atomic E-state index is 12.9. The molecule has 0 aliphatic rings. The van der Waals surface area contributed by atoms with Gasteiger partial charge in [-0.1, -0.05) is 36.4 Å². The van der Waals surface area contributed by atoms with Crippen molar-refractivity contribution in [1.29, 1.82) is 0 Å². The number of nitrogens with zero attached hydrogens (tertiary/aromatic N) is 3. The molecule has 1 amide bonds. The van der Waals surface area contributed by atoms with Crippen molar-refractivity contribution in [2.24, 2.45) is 0 Å². The van der Waals surface area contributed by atoms with Crippen molar-refractivity contribution in [1.82, 2.24) is 9.97 Å². The van der Waals surface area contributed by atoms with E-state index in [9.17, 15) is 4.79 Å². The van der Waals surface area contributed by atoms with Gasteiger partial charge in [0.05, 0.1) is 5.52 Å². The molecule has 5 heteroatoms. The molecule has 4 rings (SSSR count). The number of carbonyl (C=O) groups is 1. The molecule has 0 atom stereocenters. The molecule has 0 unspecified atom stereocenters. The van der Waals surface area contributed by atoms with E-state index >= 15 is 0 Å². The third-order valence-corrected chi connectivity index (χ3v) is 4.25. The van der Waals surface area contributed by atoms with Crippen molar-refractivity contribution in [3.63, 3.8) is 0 Å². The standard InChI is InChI=1S/C21H17N3O2/c1-14-19(23-20(26-14)16-9-4-3-5-10-16)21(25)24(2)18-13-12-15-8-6-7-11-17(15)22-18/h3-13H,1-2H3. The normalized spacial score (nSPS) is 10.8. The molecule has 0 radical (unpaired) electrons. The van der Waals surface area contributed by atoms with Crippen LogP contribution in [0.1, 0.15) is 16.2 Å². The Morgan fingerprint density at radius 2 is 1.65 bits per heavy atom. The van der Waals surface area contributed by atoms with E-state index in [0.717, 1.165) is 16.5 Å². The van der Waals surface area contributed by atoms with Gasteiger partial charge in [0.2, 0.25) is 5.89 Å². The maximum Gasteiger partial charge on any atom is 0.281 e. The maximum atomic E-state index is 12.9. The van der Waals surface area contributed by atoms with E-state index in [2.05, 4.69) is 9.97 Å². The van der Waals surface area contributed by atoms with Gasteiger partial charge in [0, 0.05) is 18.0 Å². The molecule has 2 heterocycles. The van der Waals surface area contributed by atoms with Crippen molar-refractivity contribution in [2.45, 2.75) is 6.92 Å². The lowest BCUT2D eigenvalue weighted by molar-refractivity contribution is 0.0987. The fourth-order valence-corrected chi connectivity index (χ4v) is 2.80. The van der Waals surface area contributed by atoms with E-state index in [1.165, 1.54) is 4.90 Å². The average Bonchev–Trinajstić information content (AvgIpc) is 3.09. The zero-order valence-corrected chi connectivity index (χ0v) is 14.5. The van der Waals surface area contributed by atoms with Crippen molar-refractivity contribution in [2.75, 3.05) is 11.9 Å². The molecule has 0 spiro atoms. The molecule has 0 bridgehead atoms. The molecule has 0 saturated heterocycles. The molecule has 26 heavy (non-hydrogen) atoms. The Balaban J connectivity index is 1.67. The number of pyridine rings is 1. The average molecular weight is 343 g/mol. The number of aromatic nitrogens is 2. The molecule has 2 aromatic heterocycles. The third-order valence-electron chi connectivity index (χ3n) is 4.25. The number of fused-ring (bicyclic) bond motifs is 1. The monoisotopic (exact) mass is 343 g/mol. The predicted molar refractivity (Wildman–Crippen MR) is 101 cm³/mol. The summed E-state index contributed by atoms with van der Waals surface area (Å²) in [7, 11) is 1.69. The summed E-state index contributed by atoms with van der Waals surface area (Å²) in [4.78, 5) is 23.4. The Hall–Kier alpha value is -3.47. The summed E-state index contributed by atoms with van der Waals surface area (Å²) in [6.45, 7) is 1.74. The van der Waals surface area contributed by atoms with Gasteiger partial charge in [-0.15, -0.1) is 0 Å². The first-order valence-corrected chi connectivity index (χ1v) is 8.30. The van der Waals surface area contributed by atoms with Crippen LogP contribution in [0.25, 0.3) is 22.4 Å². The van der Waals surface area contributed by atoms with Crippen LogP contribution in [-0.2, 0) is 0 Å². The van der Waals surface area contributed by atoms with Crippen LogP contribution in [0.3, 0.4) is 0 Å². The van der Waals surface area contributed by atoms with Crippen LogP contribution in [0.5, 0.6) is 0 Å². The predicted octanol–water partition coefficient (Wildman–Crippen LogP) is 4.47. The summed E-state index contributed by atoms with van der Waals surface area (Å²) in [5, 5.41) is 1.03. The van der Waals surface area contributed by atoms with Gasteiger partial charge in [-0.2, -0.15) is 0 Å². The van der Waals surface area contributed by atoms with Gasteiger partial charge < -0.3 is 4.42 Å². The SMILES string of the molecule is Cc1oc(-c2ccccc2)nc1C(=O)N(C)c1ccc2ccccc2n1. The van der Waals surface area contributed by atoms with Crippen molar-refractivity contribution >= 4 is 22.6 Å². The van der Waals surface area contributed by atoms with E-state index < -0.39 is 0 Å². The highest BCUT2D eigenvalue weighted by molar-refractivity contribution is 6.05. The van der Waals surface area contributed by atoms with E-state index in [1.54, 1.807) is 14.0 Å². The lowest BCUT2D eigenvalue weighted by Crippen LogP contribution is -2.28. The summed E-state index contributed by atoms with van der Waals surface area (Å²) < 4.78 is 5.70. The fourth-order valence-electron chi connectivity index (χ4n) is 2.80. The number of benzene rings is 2. The topological polar surface area (TPSA) is 59.2 Å². The Bertz CT molecular complexity index is 1090. The number of amides is 1. The summed E-state index contributed by atoms with van der Waals surface area (Å²) in [6, 6.07) is 21.1. The summed E-state index contributed by atoms with van der Waals surface area (Å²) in [5.74, 6) is 1.24. The van der Waals surface area contributed by atoms with Crippen molar-refractivity contribution in [3.05, 3.63) is 78.2 Å². The van der Waals surface area contributed by atoms with Crippen LogP contribution in [-0.4, -0.2) is 22.9 Å². The van der Waals surface area contributed by atoms with Crippen LogP contribution in [0, 0.1) is 6.92 Å². The van der Waals surface area contributed by atoms with Crippen LogP contribution < -0.4 is 4.90 Å². The summed E-state index contributed by atoms with van der Waals surface area (Å²) in [6.07, 6.45) is 0. The first-order valence-electron chi connectivity index (χ1n) is 8.30. The number of anilines is 1. The van der Waals surface area contributed by atoms with Gasteiger partial charge in [0.25, 0.3) is 5.91 Å². The lowest BCUT2D eigenvalue weighted by Gasteiger charge is -2.15. The van der Waals surface area contributed by atoms with Crippen LogP contribution in [0.15, 0.2) is 71.1 Å². The van der Waals surface area contributed by atoms with E-state index in [0.29, 0.717) is 23.2 Å². The first-order chi connectivity index (χ1) is 12.6.